The van der Waals surface area contributed by atoms with E-state index in [2.05, 4.69) is 24.4 Å². The van der Waals surface area contributed by atoms with E-state index in [1.165, 1.54) is 5.56 Å². The minimum Gasteiger partial charge on any atom is -0.489 e. The summed E-state index contributed by atoms with van der Waals surface area (Å²) in [6.45, 7) is 4.78. The van der Waals surface area contributed by atoms with Gasteiger partial charge in [0.05, 0.1) is 6.21 Å². The molecule has 0 radical (unpaired) electrons. The number of ether oxygens (including phenoxy) is 2. The molecule has 3 rings (SSSR count). The van der Waals surface area contributed by atoms with Crippen LogP contribution >= 0.6 is 0 Å². The zero-order valence-corrected chi connectivity index (χ0v) is 18.0. The molecule has 0 aliphatic heterocycles. The van der Waals surface area contributed by atoms with Crippen molar-refractivity contribution in [2.24, 2.45) is 5.10 Å². The van der Waals surface area contributed by atoms with Crippen LogP contribution in [0.15, 0.2) is 84.0 Å². The van der Waals surface area contributed by atoms with Crippen molar-refractivity contribution < 1.29 is 14.3 Å². The molecule has 0 aliphatic rings. The molecular weight excluding hydrogens is 388 g/mol. The van der Waals surface area contributed by atoms with E-state index < -0.39 is 0 Å². The second-order valence-corrected chi connectivity index (χ2v) is 7.30. The maximum atomic E-state index is 11.9. The Morgan fingerprint density at radius 1 is 0.935 bits per heavy atom. The summed E-state index contributed by atoms with van der Waals surface area (Å²) >= 11 is 0. The van der Waals surface area contributed by atoms with Crippen molar-refractivity contribution in [3.8, 4) is 11.5 Å². The molecule has 0 saturated carbocycles. The number of nitrogens with one attached hydrogen (secondary N) is 1. The van der Waals surface area contributed by atoms with Gasteiger partial charge in [0.25, 0.3) is 5.91 Å². The van der Waals surface area contributed by atoms with Crippen molar-refractivity contribution in [3.63, 3.8) is 0 Å². The summed E-state index contributed by atoms with van der Waals surface area (Å²) in [7, 11) is 0. The molecular formula is C26H28N2O3. The summed E-state index contributed by atoms with van der Waals surface area (Å²) < 4.78 is 11.3. The van der Waals surface area contributed by atoms with Crippen LogP contribution in [-0.4, -0.2) is 18.7 Å². The molecule has 1 atom stereocenters. The molecule has 31 heavy (non-hydrogen) atoms. The van der Waals surface area contributed by atoms with Gasteiger partial charge < -0.3 is 9.47 Å². The van der Waals surface area contributed by atoms with E-state index in [1.807, 2.05) is 78.9 Å². The molecule has 0 aliphatic carbocycles. The van der Waals surface area contributed by atoms with E-state index in [-0.39, 0.29) is 12.5 Å². The summed E-state index contributed by atoms with van der Waals surface area (Å²) in [5, 5.41) is 3.98. The normalized spacial score (nSPS) is 11.8. The van der Waals surface area contributed by atoms with E-state index >= 15 is 0 Å². The monoisotopic (exact) mass is 416 g/mol. The summed E-state index contributed by atoms with van der Waals surface area (Å²) in [5.74, 6) is 1.64. The smallest absolute Gasteiger partial charge is 0.277 e. The number of hydrogen-bond acceptors (Lipinski definition) is 4. The Bertz CT molecular complexity index is 968. The molecule has 0 saturated heterocycles. The molecule has 0 aromatic heterocycles. The van der Waals surface area contributed by atoms with E-state index in [0.29, 0.717) is 18.3 Å². The fourth-order valence-electron chi connectivity index (χ4n) is 2.88. The fourth-order valence-corrected chi connectivity index (χ4v) is 2.88. The lowest BCUT2D eigenvalue weighted by atomic mass is 9.99. The minimum atomic E-state index is -0.315. The fraction of sp³-hybridized carbons (Fsp3) is 0.231. The van der Waals surface area contributed by atoms with Gasteiger partial charge in [0.2, 0.25) is 0 Å². The third-order valence-electron chi connectivity index (χ3n) is 4.96. The lowest BCUT2D eigenvalue weighted by molar-refractivity contribution is -0.123. The Hall–Kier alpha value is -3.60. The second kappa shape index (κ2) is 11.6. The SMILES string of the molecule is CCC(C)c1ccc(OCC(=O)NN=Cc2ccc(OCc3ccccc3)cc2)cc1. The van der Waals surface area contributed by atoms with Crippen molar-refractivity contribution in [2.75, 3.05) is 6.61 Å². The van der Waals surface area contributed by atoms with Crippen LogP contribution in [0.2, 0.25) is 0 Å². The Labute approximate surface area is 183 Å². The maximum absolute atomic E-state index is 11.9. The van der Waals surface area contributed by atoms with Crippen molar-refractivity contribution in [1.29, 1.82) is 0 Å². The van der Waals surface area contributed by atoms with E-state index in [9.17, 15) is 4.79 Å². The average molecular weight is 417 g/mol. The zero-order chi connectivity index (χ0) is 21.9. The standard InChI is InChI=1S/C26H28N2O3/c1-3-20(2)23-11-15-25(16-12-23)31-19-26(29)28-27-17-21-9-13-24(14-10-21)30-18-22-7-5-4-6-8-22/h4-17,20H,3,18-19H2,1-2H3,(H,28,29). The van der Waals surface area contributed by atoms with Crippen LogP contribution in [0, 0.1) is 0 Å². The molecule has 5 nitrogen and oxygen atoms in total. The molecule has 0 spiro atoms. The van der Waals surface area contributed by atoms with Crippen LogP contribution in [-0.2, 0) is 11.4 Å². The van der Waals surface area contributed by atoms with Crippen LogP contribution in [0.1, 0.15) is 42.9 Å². The molecule has 5 heteroatoms. The maximum Gasteiger partial charge on any atom is 0.277 e. The van der Waals surface area contributed by atoms with Gasteiger partial charge in [-0.3, -0.25) is 4.79 Å². The van der Waals surface area contributed by atoms with Gasteiger partial charge in [-0.05, 0) is 65.4 Å². The van der Waals surface area contributed by atoms with E-state index in [1.54, 1.807) is 6.21 Å². The van der Waals surface area contributed by atoms with Crippen molar-refractivity contribution in [3.05, 3.63) is 95.6 Å². The highest BCUT2D eigenvalue weighted by molar-refractivity contribution is 5.83. The number of hydrogen-bond donors (Lipinski definition) is 1. The Kier molecular flexibility index (Phi) is 8.23. The summed E-state index contributed by atoms with van der Waals surface area (Å²) in [5.41, 5.74) is 5.71. The van der Waals surface area contributed by atoms with Crippen LogP contribution in [0.5, 0.6) is 11.5 Å². The molecule has 160 valence electrons. The molecule has 0 bridgehead atoms. The molecule has 0 heterocycles. The third kappa shape index (κ3) is 7.30. The molecule has 3 aromatic rings. The Balaban J connectivity index is 1.40. The van der Waals surface area contributed by atoms with Gasteiger partial charge in [0.15, 0.2) is 6.61 Å². The van der Waals surface area contributed by atoms with Gasteiger partial charge in [-0.25, -0.2) is 5.43 Å². The van der Waals surface area contributed by atoms with Crippen LogP contribution < -0.4 is 14.9 Å². The minimum absolute atomic E-state index is 0.0910. The predicted molar refractivity (Wildman–Crippen MR) is 124 cm³/mol. The predicted octanol–water partition coefficient (Wildman–Crippen LogP) is 5.31. The van der Waals surface area contributed by atoms with Gasteiger partial charge in [-0.1, -0.05) is 56.3 Å². The lowest BCUT2D eigenvalue weighted by Gasteiger charge is -2.10. The number of hydrazone groups is 1. The first-order valence-electron chi connectivity index (χ1n) is 10.5. The first-order chi connectivity index (χ1) is 15.1. The Morgan fingerprint density at radius 2 is 1.58 bits per heavy atom. The van der Waals surface area contributed by atoms with Crippen molar-refractivity contribution >= 4 is 12.1 Å². The van der Waals surface area contributed by atoms with Crippen LogP contribution in [0.3, 0.4) is 0 Å². The summed E-state index contributed by atoms with van der Waals surface area (Å²) in [6.07, 6.45) is 2.67. The quantitative estimate of drug-likeness (QED) is 0.360. The highest BCUT2D eigenvalue weighted by Gasteiger charge is 2.05. The highest BCUT2D eigenvalue weighted by Crippen LogP contribution is 2.21. The highest BCUT2D eigenvalue weighted by atomic mass is 16.5. The summed E-state index contributed by atoms with van der Waals surface area (Å²) in [4.78, 5) is 11.9. The topological polar surface area (TPSA) is 59.9 Å². The zero-order valence-electron chi connectivity index (χ0n) is 18.0. The lowest BCUT2D eigenvalue weighted by Crippen LogP contribution is -2.24. The third-order valence-corrected chi connectivity index (χ3v) is 4.96. The van der Waals surface area contributed by atoms with E-state index in [4.69, 9.17) is 9.47 Å². The van der Waals surface area contributed by atoms with Gasteiger partial charge in [-0.2, -0.15) is 5.10 Å². The first kappa shape index (κ1) is 22.1. The van der Waals surface area contributed by atoms with Gasteiger partial charge >= 0.3 is 0 Å². The largest absolute Gasteiger partial charge is 0.489 e. The molecule has 0 fully saturated rings. The number of amides is 1. The summed E-state index contributed by atoms with van der Waals surface area (Å²) in [6, 6.07) is 25.4. The van der Waals surface area contributed by atoms with Gasteiger partial charge in [0.1, 0.15) is 18.1 Å². The molecule has 1 amide bonds. The van der Waals surface area contributed by atoms with Crippen molar-refractivity contribution in [1.82, 2.24) is 5.43 Å². The number of carbonyl (C=O) groups is 1. The average Bonchev–Trinajstić information content (AvgIpc) is 2.82. The number of carbonyl (C=O) groups excluding carboxylic acids is 1. The molecule has 1 unspecified atom stereocenters. The van der Waals surface area contributed by atoms with Gasteiger partial charge in [0, 0.05) is 0 Å². The molecule has 3 aromatic carbocycles. The number of nitrogens with zero attached hydrogens (tertiary/aromatic N) is 1. The first-order valence-corrected chi connectivity index (χ1v) is 10.5. The van der Waals surface area contributed by atoms with E-state index in [0.717, 1.165) is 23.3 Å². The van der Waals surface area contributed by atoms with Crippen molar-refractivity contribution in [2.45, 2.75) is 32.8 Å². The van der Waals surface area contributed by atoms with Crippen LogP contribution in [0.25, 0.3) is 0 Å². The van der Waals surface area contributed by atoms with Crippen LogP contribution in [0.4, 0.5) is 0 Å². The Morgan fingerprint density at radius 3 is 2.26 bits per heavy atom. The number of rotatable bonds is 10. The molecule has 1 N–H and O–H groups in total. The second-order valence-electron chi connectivity index (χ2n) is 7.30. The number of benzene rings is 3. The van der Waals surface area contributed by atoms with Gasteiger partial charge in [-0.15, -0.1) is 0 Å².